The van der Waals surface area contributed by atoms with Gasteiger partial charge < -0.3 is 9.32 Å². The molecule has 2 aromatic carbocycles. The number of fused-ring (bicyclic) bond motifs is 2. The zero-order valence-corrected chi connectivity index (χ0v) is 12.8. The highest BCUT2D eigenvalue weighted by molar-refractivity contribution is 5.97. The number of rotatable bonds is 1. The second kappa shape index (κ2) is 5.12. The number of carbonyl (C=O) groups excluding carboxylic acids is 1. The molecule has 0 saturated heterocycles. The highest BCUT2D eigenvalue weighted by Crippen LogP contribution is 2.21. The molecule has 0 fully saturated rings. The van der Waals surface area contributed by atoms with Crippen LogP contribution in [0.25, 0.3) is 11.1 Å². The Balaban J connectivity index is 1.66. The van der Waals surface area contributed by atoms with E-state index in [2.05, 4.69) is 12.1 Å². The fourth-order valence-corrected chi connectivity index (χ4v) is 3.12. The first-order chi connectivity index (χ1) is 11.1. The average Bonchev–Trinajstić information content (AvgIpc) is 2.87. The molecule has 0 atom stereocenters. The second-order valence-electron chi connectivity index (χ2n) is 5.85. The maximum Gasteiger partial charge on any atom is 0.419 e. The molecule has 5 heteroatoms. The summed E-state index contributed by atoms with van der Waals surface area (Å²) in [6.07, 6.45) is 0.866. The van der Waals surface area contributed by atoms with E-state index in [0.29, 0.717) is 29.8 Å². The van der Waals surface area contributed by atoms with Crippen LogP contribution in [0.5, 0.6) is 0 Å². The minimum Gasteiger partial charge on any atom is -0.408 e. The van der Waals surface area contributed by atoms with E-state index in [1.54, 1.807) is 25.2 Å². The second-order valence-corrected chi connectivity index (χ2v) is 5.85. The van der Waals surface area contributed by atoms with E-state index in [0.717, 1.165) is 6.42 Å². The Kier molecular flexibility index (Phi) is 3.08. The van der Waals surface area contributed by atoms with Crippen molar-refractivity contribution in [1.29, 1.82) is 0 Å². The number of nitrogens with zero attached hydrogens (tertiary/aromatic N) is 2. The normalized spacial score (nSPS) is 14.0. The van der Waals surface area contributed by atoms with Crippen LogP contribution in [0.15, 0.2) is 51.7 Å². The summed E-state index contributed by atoms with van der Waals surface area (Å²) in [5.41, 5.74) is 4.18. The molecule has 1 aliphatic rings. The van der Waals surface area contributed by atoms with Crippen molar-refractivity contribution in [3.05, 3.63) is 69.7 Å². The van der Waals surface area contributed by atoms with Gasteiger partial charge in [0.2, 0.25) is 0 Å². The lowest BCUT2D eigenvalue weighted by molar-refractivity contribution is 0.0734. The largest absolute Gasteiger partial charge is 0.419 e. The third-order valence-electron chi connectivity index (χ3n) is 4.46. The highest BCUT2D eigenvalue weighted by Gasteiger charge is 2.22. The van der Waals surface area contributed by atoms with Crippen molar-refractivity contribution >= 4 is 17.0 Å². The summed E-state index contributed by atoms with van der Waals surface area (Å²) in [5, 5.41) is 0. The van der Waals surface area contributed by atoms with Gasteiger partial charge in [-0.05, 0) is 35.7 Å². The molecule has 116 valence electrons. The van der Waals surface area contributed by atoms with Crippen molar-refractivity contribution in [2.24, 2.45) is 7.05 Å². The van der Waals surface area contributed by atoms with Crippen LogP contribution in [-0.4, -0.2) is 21.9 Å². The van der Waals surface area contributed by atoms with Crippen LogP contribution in [0.2, 0.25) is 0 Å². The summed E-state index contributed by atoms with van der Waals surface area (Å²) in [6.45, 7) is 1.32. The fourth-order valence-electron chi connectivity index (χ4n) is 3.12. The van der Waals surface area contributed by atoms with Crippen LogP contribution in [0.4, 0.5) is 0 Å². The number of hydrogen-bond acceptors (Lipinski definition) is 3. The Morgan fingerprint density at radius 3 is 2.74 bits per heavy atom. The minimum atomic E-state index is -0.420. The van der Waals surface area contributed by atoms with E-state index in [1.165, 1.54) is 15.7 Å². The molecule has 2 heterocycles. The van der Waals surface area contributed by atoms with Crippen molar-refractivity contribution in [3.8, 4) is 0 Å². The minimum absolute atomic E-state index is 0.0343. The number of benzene rings is 2. The molecule has 0 unspecified atom stereocenters. The predicted octanol–water partition coefficient (Wildman–Crippen LogP) is 2.33. The number of aromatic nitrogens is 1. The summed E-state index contributed by atoms with van der Waals surface area (Å²) >= 11 is 0. The number of aryl methyl sites for hydroxylation is 1. The highest BCUT2D eigenvalue weighted by atomic mass is 16.4. The number of amides is 1. The topological polar surface area (TPSA) is 55.5 Å². The molecule has 1 aliphatic heterocycles. The molecular weight excluding hydrogens is 292 g/mol. The van der Waals surface area contributed by atoms with E-state index < -0.39 is 5.76 Å². The first-order valence-electron chi connectivity index (χ1n) is 7.59. The standard InChI is InChI=1S/C18H16N2O3/c1-19-15-7-6-13(10-16(15)23-18(19)22)17(21)20-9-8-12-4-2-3-5-14(12)11-20/h2-7,10H,8-9,11H2,1H3. The maximum absolute atomic E-state index is 12.7. The summed E-state index contributed by atoms with van der Waals surface area (Å²) in [5.74, 6) is -0.454. The molecule has 0 spiro atoms. The summed E-state index contributed by atoms with van der Waals surface area (Å²) in [6, 6.07) is 13.4. The maximum atomic E-state index is 12.7. The van der Waals surface area contributed by atoms with Crippen LogP contribution in [0, 0.1) is 0 Å². The fraction of sp³-hybridized carbons (Fsp3) is 0.222. The van der Waals surface area contributed by atoms with Gasteiger partial charge in [-0.15, -0.1) is 0 Å². The lowest BCUT2D eigenvalue weighted by Crippen LogP contribution is -2.35. The first-order valence-corrected chi connectivity index (χ1v) is 7.59. The first kappa shape index (κ1) is 13.8. The van der Waals surface area contributed by atoms with E-state index in [9.17, 15) is 9.59 Å². The van der Waals surface area contributed by atoms with Crippen molar-refractivity contribution in [3.63, 3.8) is 0 Å². The Hall–Kier alpha value is -2.82. The molecule has 0 aliphatic carbocycles. The average molecular weight is 308 g/mol. The molecule has 4 rings (SSSR count). The Morgan fingerprint density at radius 1 is 1.13 bits per heavy atom. The number of hydrogen-bond donors (Lipinski definition) is 0. The lowest BCUT2D eigenvalue weighted by atomic mass is 9.99. The van der Waals surface area contributed by atoms with Gasteiger partial charge in [-0.3, -0.25) is 9.36 Å². The molecule has 1 aromatic heterocycles. The predicted molar refractivity (Wildman–Crippen MR) is 86.3 cm³/mol. The van der Waals surface area contributed by atoms with Crippen molar-refractivity contribution in [2.75, 3.05) is 6.54 Å². The van der Waals surface area contributed by atoms with Gasteiger partial charge >= 0.3 is 5.76 Å². The summed E-state index contributed by atoms with van der Waals surface area (Å²) in [7, 11) is 1.65. The van der Waals surface area contributed by atoms with Crippen molar-refractivity contribution < 1.29 is 9.21 Å². The van der Waals surface area contributed by atoms with E-state index >= 15 is 0 Å². The van der Waals surface area contributed by atoms with Crippen LogP contribution in [-0.2, 0) is 20.0 Å². The van der Waals surface area contributed by atoms with E-state index in [-0.39, 0.29) is 5.91 Å². The van der Waals surface area contributed by atoms with Crippen LogP contribution < -0.4 is 5.76 Å². The zero-order valence-electron chi connectivity index (χ0n) is 12.8. The molecule has 0 radical (unpaired) electrons. The van der Waals surface area contributed by atoms with Crippen LogP contribution in [0.3, 0.4) is 0 Å². The van der Waals surface area contributed by atoms with E-state index in [4.69, 9.17) is 4.42 Å². The molecule has 0 N–H and O–H groups in total. The molecular formula is C18H16N2O3. The third-order valence-corrected chi connectivity index (χ3v) is 4.46. The van der Waals surface area contributed by atoms with Crippen molar-refractivity contribution in [1.82, 2.24) is 9.47 Å². The van der Waals surface area contributed by atoms with Gasteiger partial charge in [0.05, 0.1) is 5.52 Å². The molecule has 3 aromatic rings. The van der Waals surface area contributed by atoms with Gasteiger partial charge in [-0.2, -0.15) is 0 Å². The number of carbonyl (C=O) groups is 1. The monoisotopic (exact) mass is 308 g/mol. The van der Waals surface area contributed by atoms with Gasteiger partial charge in [0.25, 0.3) is 5.91 Å². The molecule has 0 saturated carbocycles. The molecule has 0 bridgehead atoms. The Bertz CT molecular complexity index is 968. The zero-order chi connectivity index (χ0) is 16.0. The van der Waals surface area contributed by atoms with Gasteiger partial charge in [-0.25, -0.2) is 4.79 Å². The Labute approximate surface area is 132 Å². The van der Waals surface area contributed by atoms with Gasteiger partial charge in [0, 0.05) is 25.7 Å². The van der Waals surface area contributed by atoms with E-state index in [1.807, 2.05) is 17.0 Å². The Morgan fingerprint density at radius 2 is 1.91 bits per heavy atom. The lowest BCUT2D eigenvalue weighted by Gasteiger charge is -2.28. The van der Waals surface area contributed by atoms with Gasteiger partial charge in [0.1, 0.15) is 0 Å². The van der Waals surface area contributed by atoms with Crippen LogP contribution in [0.1, 0.15) is 21.5 Å². The quantitative estimate of drug-likeness (QED) is 0.693. The van der Waals surface area contributed by atoms with Gasteiger partial charge in [0.15, 0.2) is 5.58 Å². The van der Waals surface area contributed by atoms with Crippen LogP contribution >= 0.6 is 0 Å². The molecule has 5 nitrogen and oxygen atoms in total. The smallest absolute Gasteiger partial charge is 0.408 e. The number of oxazole rings is 1. The van der Waals surface area contributed by atoms with Crippen molar-refractivity contribution in [2.45, 2.75) is 13.0 Å². The summed E-state index contributed by atoms with van der Waals surface area (Å²) < 4.78 is 6.60. The summed E-state index contributed by atoms with van der Waals surface area (Å²) in [4.78, 5) is 26.1. The molecule has 23 heavy (non-hydrogen) atoms. The SMILES string of the molecule is Cn1c(=O)oc2cc(C(=O)N3CCc4ccccc4C3)ccc21. The molecule has 1 amide bonds. The third kappa shape index (κ3) is 2.25. The van der Waals surface area contributed by atoms with Gasteiger partial charge in [-0.1, -0.05) is 24.3 Å².